The molecule has 6 nitrogen and oxygen atoms in total. The fourth-order valence-corrected chi connectivity index (χ4v) is 4.81. The zero-order chi connectivity index (χ0) is 21.1. The number of thioether (sulfide) groups is 1. The molecular formula is C23H26N2O4S. The zero-order valence-corrected chi connectivity index (χ0v) is 18.2. The van der Waals surface area contributed by atoms with Gasteiger partial charge in [0.2, 0.25) is 11.8 Å². The van der Waals surface area contributed by atoms with Gasteiger partial charge in [-0.05, 0) is 55.7 Å². The van der Waals surface area contributed by atoms with Crippen molar-refractivity contribution in [2.24, 2.45) is 0 Å². The molecule has 0 atom stereocenters. The minimum absolute atomic E-state index is 0.0237. The number of hydrogen-bond acceptors (Lipinski definition) is 5. The summed E-state index contributed by atoms with van der Waals surface area (Å²) in [6.45, 7) is 6.23. The van der Waals surface area contributed by atoms with E-state index in [-0.39, 0.29) is 18.4 Å². The summed E-state index contributed by atoms with van der Waals surface area (Å²) in [4.78, 5) is 30.1. The summed E-state index contributed by atoms with van der Waals surface area (Å²) in [7, 11) is 0. The molecule has 2 aliphatic rings. The van der Waals surface area contributed by atoms with Crippen molar-refractivity contribution in [3.05, 3.63) is 47.5 Å². The molecule has 7 heteroatoms. The number of fused-ring (bicyclic) bond motifs is 2. The predicted molar refractivity (Wildman–Crippen MR) is 117 cm³/mol. The highest BCUT2D eigenvalue weighted by Gasteiger charge is 2.29. The Labute approximate surface area is 181 Å². The minimum atomic E-state index is -0.0393. The first-order chi connectivity index (χ1) is 14.6. The Bertz CT molecular complexity index is 962. The summed E-state index contributed by atoms with van der Waals surface area (Å²) in [5, 5.41) is 0. The van der Waals surface area contributed by atoms with Crippen molar-refractivity contribution in [2.75, 3.05) is 37.0 Å². The highest BCUT2D eigenvalue weighted by molar-refractivity contribution is 8.00. The van der Waals surface area contributed by atoms with Crippen LogP contribution in [0.15, 0.2) is 41.3 Å². The van der Waals surface area contributed by atoms with Crippen molar-refractivity contribution >= 4 is 29.3 Å². The monoisotopic (exact) mass is 426 g/mol. The van der Waals surface area contributed by atoms with Crippen LogP contribution in [0.1, 0.15) is 25.0 Å². The van der Waals surface area contributed by atoms with Crippen molar-refractivity contribution in [3.8, 4) is 11.5 Å². The lowest BCUT2D eigenvalue weighted by Gasteiger charge is -2.33. The molecule has 4 rings (SSSR count). The van der Waals surface area contributed by atoms with E-state index in [1.807, 2.05) is 55.1 Å². The molecule has 0 unspecified atom stereocenters. The van der Waals surface area contributed by atoms with Gasteiger partial charge in [0.25, 0.3) is 0 Å². The molecule has 0 aliphatic carbocycles. The van der Waals surface area contributed by atoms with Gasteiger partial charge in [0.15, 0.2) is 11.5 Å². The maximum absolute atomic E-state index is 13.1. The summed E-state index contributed by atoms with van der Waals surface area (Å²) in [5.41, 5.74) is 3.08. The van der Waals surface area contributed by atoms with E-state index >= 15 is 0 Å². The van der Waals surface area contributed by atoms with Gasteiger partial charge in [-0.15, -0.1) is 11.8 Å². The van der Waals surface area contributed by atoms with E-state index in [0.29, 0.717) is 37.8 Å². The molecule has 0 radical (unpaired) electrons. The molecule has 0 bridgehead atoms. The summed E-state index contributed by atoms with van der Waals surface area (Å²) < 4.78 is 11.5. The molecule has 2 heterocycles. The molecule has 2 aliphatic heterocycles. The Morgan fingerprint density at radius 3 is 2.50 bits per heavy atom. The molecule has 2 aromatic rings. The van der Waals surface area contributed by atoms with Crippen LogP contribution in [0.4, 0.5) is 5.69 Å². The molecule has 158 valence electrons. The Hall–Kier alpha value is -2.67. The smallest absolute Gasteiger partial charge is 0.242 e. The van der Waals surface area contributed by atoms with E-state index in [9.17, 15) is 9.59 Å². The van der Waals surface area contributed by atoms with Crippen molar-refractivity contribution < 1.29 is 19.1 Å². The van der Waals surface area contributed by atoms with E-state index in [1.165, 1.54) is 17.3 Å². The number of nitrogens with zero attached hydrogens (tertiary/aromatic N) is 2. The van der Waals surface area contributed by atoms with E-state index in [2.05, 4.69) is 0 Å². The van der Waals surface area contributed by atoms with Gasteiger partial charge in [-0.2, -0.15) is 0 Å². The van der Waals surface area contributed by atoms with Gasteiger partial charge in [-0.25, -0.2) is 0 Å². The highest BCUT2D eigenvalue weighted by atomic mass is 32.2. The molecule has 2 amide bonds. The number of benzene rings is 2. The molecule has 0 saturated heterocycles. The predicted octanol–water partition coefficient (Wildman–Crippen LogP) is 3.51. The third kappa shape index (κ3) is 4.12. The third-order valence-corrected chi connectivity index (χ3v) is 6.38. The normalized spacial score (nSPS) is 15.5. The van der Waals surface area contributed by atoms with Gasteiger partial charge < -0.3 is 19.3 Å². The minimum Gasteiger partial charge on any atom is -0.490 e. The zero-order valence-electron chi connectivity index (χ0n) is 17.3. The summed E-state index contributed by atoms with van der Waals surface area (Å²) in [6, 6.07) is 11.8. The van der Waals surface area contributed by atoms with Crippen LogP contribution >= 0.6 is 11.8 Å². The topological polar surface area (TPSA) is 59.1 Å². The molecular weight excluding hydrogens is 400 g/mol. The van der Waals surface area contributed by atoms with Gasteiger partial charge >= 0.3 is 0 Å². The first-order valence-electron chi connectivity index (χ1n) is 10.3. The van der Waals surface area contributed by atoms with Crippen molar-refractivity contribution in [1.29, 1.82) is 0 Å². The molecule has 2 aromatic carbocycles. The van der Waals surface area contributed by atoms with Crippen LogP contribution in [0.3, 0.4) is 0 Å². The summed E-state index contributed by atoms with van der Waals surface area (Å²) in [6.07, 6.45) is 0.758. The lowest BCUT2D eigenvalue weighted by atomic mass is 9.98. The van der Waals surface area contributed by atoms with Gasteiger partial charge in [0.1, 0.15) is 6.54 Å². The van der Waals surface area contributed by atoms with E-state index in [0.717, 1.165) is 28.3 Å². The Kier molecular flexibility index (Phi) is 6.18. The van der Waals surface area contributed by atoms with E-state index in [1.54, 1.807) is 4.90 Å². The van der Waals surface area contributed by atoms with Gasteiger partial charge in [0.05, 0.1) is 24.7 Å². The molecule has 0 aromatic heterocycles. The number of carbonyl (C=O) groups is 2. The van der Waals surface area contributed by atoms with Crippen LogP contribution in [-0.4, -0.2) is 48.8 Å². The van der Waals surface area contributed by atoms with Crippen molar-refractivity contribution in [3.63, 3.8) is 0 Å². The van der Waals surface area contributed by atoms with Crippen molar-refractivity contribution in [1.82, 2.24) is 4.90 Å². The number of para-hydroxylation sites is 1. The average molecular weight is 427 g/mol. The highest BCUT2D eigenvalue weighted by Crippen LogP contribution is 2.36. The second kappa shape index (κ2) is 9.00. The van der Waals surface area contributed by atoms with Gasteiger partial charge in [-0.1, -0.05) is 12.1 Å². The number of rotatable bonds is 6. The average Bonchev–Trinajstić information content (AvgIpc) is 2.76. The fraction of sp³-hybridized carbons (Fsp3) is 0.391. The van der Waals surface area contributed by atoms with Gasteiger partial charge in [-0.3, -0.25) is 9.59 Å². The van der Waals surface area contributed by atoms with Crippen LogP contribution in [-0.2, 0) is 22.6 Å². The number of hydrogen-bond donors (Lipinski definition) is 0. The first-order valence-corrected chi connectivity index (χ1v) is 11.3. The maximum Gasteiger partial charge on any atom is 0.242 e. The SMILES string of the molecule is CCOc1cc2c(cc1OCC)CN(C(=O)CN1C(=O)CSc3ccccc31)CC2. The third-order valence-electron chi connectivity index (χ3n) is 5.33. The molecule has 30 heavy (non-hydrogen) atoms. The lowest BCUT2D eigenvalue weighted by Crippen LogP contribution is -2.46. The van der Waals surface area contributed by atoms with Crippen LogP contribution in [0, 0.1) is 0 Å². The number of amides is 2. The first kappa shape index (κ1) is 20.6. The van der Waals surface area contributed by atoms with Crippen LogP contribution in [0.25, 0.3) is 0 Å². The summed E-state index contributed by atoms with van der Waals surface area (Å²) in [5.74, 6) is 1.77. The van der Waals surface area contributed by atoms with Crippen LogP contribution in [0.5, 0.6) is 11.5 Å². The fourth-order valence-electron chi connectivity index (χ4n) is 3.88. The Morgan fingerprint density at radius 2 is 1.77 bits per heavy atom. The summed E-state index contributed by atoms with van der Waals surface area (Å²) >= 11 is 1.52. The van der Waals surface area contributed by atoms with Gasteiger partial charge in [0, 0.05) is 18.0 Å². The number of ether oxygens (including phenoxy) is 2. The van der Waals surface area contributed by atoms with Crippen molar-refractivity contribution in [2.45, 2.75) is 31.7 Å². The Balaban J connectivity index is 1.51. The maximum atomic E-state index is 13.1. The number of anilines is 1. The lowest BCUT2D eigenvalue weighted by molar-refractivity contribution is -0.132. The molecule has 0 N–H and O–H groups in total. The second-order valence-corrected chi connectivity index (χ2v) is 8.25. The number of carbonyl (C=O) groups excluding carboxylic acids is 2. The quantitative estimate of drug-likeness (QED) is 0.708. The van der Waals surface area contributed by atoms with Crippen LogP contribution in [0.2, 0.25) is 0 Å². The van der Waals surface area contributed by atoms with Crippen LogP contribution < -0.4 is 14.4 Å². The molecule has 0 saturated carbocycles. The Morgan fingerprint density at radius 1 is 1.07 bits per heavy atom. The largest absolute Gasteiger partial charge is 0.490 e. The van der Waals surface area contributed by atoms with E-state index < -0.39 is 0 Å². The van der Waals surface area contributed by atoms with E-state index in [4.69, 9.17) is 9.47 Å². The second-order valence-electron chi connectivity index (χ2n) is 7.24. The molecule has 0 fully saturated rings. The standard InChI is InChI=1S/C23H26N2O4S/c1-3-28-19-11-16-9-10-24(13-17(16)12-20(19)29-4-2)22(26)14-25-18-7-5-6-8-21(18)30-15-23(25)27/h5-8,11-12H,3-4,9-10,13-15H2,1-2H3. The molecule has 0 spiro atoms.